The van der Waals surface area contributed by atoms with Crippen LogP contribution in [0.15, 0.2) is 0 Å². The number of carbonyl (C=O) groups excluding carboxylic acids is 1. The van der Waals surface area contributed by atoms with E-state index in [-0.39, 0.29) is 6.61 Å². The van der Waals surface area contributed by atoms with Crippen molar-refractivity contribution in [2.24, 2.45) is 0 Å². The Morgan fingerprint density at radius 1 is 1.55 bits per heavy atom. The number of aliphatic hydroxyl groups is 2. The first-order valence-corrected chi connectivity index (χ1v) is 3.51. The molecular weight excluding hydrogens is 148 g/mol. The molecule has 0 aliphatic heterocycles. The summed E-state index contributed by atoms with van der Waals surface area (Å²) in [6.45, 7) is 2.82. The number of rotatable bonds is 5. The van der Waals surface area contributed by atoms with Gasteiger partial charge in [0.15, 0.2) is 0 Å². The van der Waals surface area contributed by atoms with Gasteiger partial charge in [-0.3, -0.25) is 0 Å². The molecule has 3 atom stereocenters. The molecule has 0 amide bonds. The largest absolute Gasteiger partial charge is 0.394 e. The molecule has 0 aliphatic rings. The van der Waals surface area contributed by atoms with Crippen LogP contribution in [0.1, 0.15) is 13.8 Å². The van der Waals surface area contributed by atoms with Gasteiger partial charge < -0.3 is 19.7 Å². The maximum atomic E-state index is 10.1. The van der Waals surface area contributed by atoms with Gasteiger partial charge in [-0.15, -0.1) is 0 Å². The highest BCUT2D eigenvalue weighted by Gasteiger charge is 2.15. The molecule has 0 aromatic carbocycles. The second kappa shape index (κ2) is 5.23. The summed E-state index contributed by atoms with van der Waals surface area (Å²) in [5, 5.41) is 17.5. The molecule has 0 heterocycles. The van der Waals surface area contributed by atoms with Crippen LogP contribution in [0.3, 0.4) is 0 Å². The molecular formula is C7H14O4. The Bertz CT molecular complexity index is 115. The molecule has 4 heteroatoms. The van der Waals surface area contributed by atoms with Gasteiger partial charge in [0.05, 0.1) is 12.7 Å². The van der Waals surface area contributed by atoms with Crippen LogP contribution in [-0.4, -0.2) is 41.4 Å². The fourth-order valence-electron chi connectivity index (χ4n) is 0.610. The second-order valence-corrected chi connectivity index (χ2v) is 2.43. The lowest BCUT2D eigenvalue weighted by molar-refractivity contribution is -0.126. The highest BCUT2D eigenvalue weighted by Crippen LogP contribution is 2.00. The van der Waals surface area contributed by atoms with E-state index in [1.165, 1.54) is 0 Å². The smallest absolute Gasteiger partial charge is 0.148 e. The van der Waals surface area contributed by atoms with Crippen molar-refractivity contribution in [3.63, 3.8) is 0 Å². The van der Waals surface area contributed by atoms with E-state index in [1.54, 1.807) is 13.8 Å². The molecule has 0 spiro atoms. The lowest BCUT2D eigenvalue weighted by Crippen LogP contribution is -2.32. The summed E-state index contributed by atoms with van der Waals surface area (Å²) in [4.78, 5) is 10.1. The quantitative estimate of drug-likeness (QED) is 0.526. The number of hydrogen-bond acceptors (Lipinski definition) is 4. The molecule has 3 unspecified atom stereocenters. The minimum absolute atomic E-state index is 0.354. The average molecular weight is 162 g/mol. The van der Waals surface area contributed by atoms with Gasteiger partial charge in [-0.25, -0.2) is 0 Å². The maximum absolute atomic E-state index is 10.1. The molecule has 0 radical (unpaired) electrons. The third-order valence-corrected chi connectivity index (χ3v) is 1.35. The van der Waals surface area contributed by atoms with Crippen molar-refractivity contribution in [2.75, 3.05) is 6.61 Å². The van der Waals surface area contributed by atoms with Crippen LogP contribution >= 0.6 is 0 Å². The second-order valence-electron chi connectivity index (χ2n) is 2.43. The predicted molar refractivity (Wildman–Crippen MR) is 39.2 cm³/mol. The van der Waals surface area contributed by atoms with E-state index in [9.17, 15) is 4.79 Å². The van der Waals surface area contributed by atoms with Crippen molar-refractivity contribution in [1.29, 1.82) is 0 Å². The van der Waals surface area contributed by atoms with Gasteiger partial charge in [0.1, 0.15) is 18.5 Å². The standard InChI is InChI=1S/C7H14O4/c1-5(3-8)11-6(2)7(10)4-9/h3,5-7,9-10H,4H2,1-2H3. The summed E-state index contributed by atoms with van der Waals surface area (Å²) in [5.41, 5.74) is 0. The molecule has 0 rings (SSSR count). The van der Waals surface area contributed by atoms with Crippen LogP contribution in [-0.2, 0) is 9.53 Å². The van der Waals surface area contributed by atoms with Crippen LogP contribution in [0.4, 0.5) is 0 Å². The number of carbonyl (C=O) groups is 1. The zero-order valence-electron chi connectivity index (χ0n) is 6.73. The molecule has 4 nitrogen and oxygen atoms in total. The first-order chi connectivity index (χ1) is 5.11. The Hall–Kier alpha value is -0.450. The van der Waals surface area contributed by atoms with Crippen molar-refractivity contribution >= 4 is 6.29 Å². The van der Waals surface area contributed by atoms with Crippen LogP contribution in [0, 0.1) is 0 Å². The molecule has 0 saturated carbocycles. The van der Waals surface area contributed by atoms with Crippen molar-refractivity contribution < 1.29 is 19.7 Å². The molecule has 0 aromatic heterocycles. The van der Waals surface area contributed by atoms with Gasteiger partial charge in [0.25, 0.3) is 0 Å². The molecule has 0 fully saturated rings. The first kappa shape index (κ1) is 10.6. The Kier molecular flexibility index (Phi) is 5.02. The van der Waals surface area contributed by atoms with Crippen LogP contribution < -0.4 is 0 Å². The number of ether oxygens (including phenoxy) is 1. The van der Waals surface area contributed by atoms with Gasteiger partial charge in [0.2, 0.25) is 0 Å². The summed E-state index contributed by atoms with van der Waals surface area (Å²) >= 11 is 0. The summed E-state index contributed by atoms with van der Waals surface area (Å²) in [6, 6.07) is 0. The van der Waals surface area contributed by atoms with Crippen molar-refractivity contribution in [3.8, 4) is 0 Å². The third-order valence-electron chi connectivity index (χ3n) is 1.35. The summed E-state index contributed by atoms with van der Waals surface area (Å²) < 4.78 is 4.97. The van der Waals surface area contributed by atoms with Gasteiger partial charge >= 0.3 is 0 Å². The molecule has 0 aliphatic carbocycles. The van der Waals surface area contributed by atoms with E-state index in [0.29, 0.717) is 6.29 Å². The first-order valence-electron chi connectivity index (χ1n) is 3.51. The molecule has 0 saturated heterocycles. The van der Waals surface area contributed by atoms with Crippen molar-refractivity contribution in [1.82, 2.24) is 0 Å². The minimum Gasteiger partial charge on any atom is -0.394 e. The fourth-order valence-corrected chi connectivity index (χ4v) is 0.610. The molecule has 0 aromatic rings. The van der Waals surface area contributed by atoms with E-state index in [2.05, 4.69) is 0 Å². The normalized spacial score (nSPS) is 18.9. The number of hydrogen-bond donors (Lipinski definition) is 2. The molecule has 11 heavy (non-hydrogen) atoms. The lowest BCUT2D eigenvalue weighted by Gasteiger charge is -2.18. The summed E-state index contributed by atoms with van der Waals surface area (Å²) in [6.07, 6.45) is -1.33. The lowest BCUT2D eigenvalue weighted by atomic mass is 10.2. The van der Waals surface area contributed by atoms with Crippen LogP contribution in [0.5, 0.6) is 0 Å². The summed E-state index contributed by atoms with van der Waals surface area (Å²) in [7, 11) is 0. The average Bonchev–Trinajstić information content (AvgIpc) is 2.02. The minimum atomic E-state index is -0.919. The SMILES string of the molecule is CC(C=O)OC(C)C(O)CO. The Balaban J connectivity index is 3.66. The Labute approximate surface area is 65.8 Å². The van der Waals surface area contributed by atoms with E-state index in [4.69, 9.17) is 14.9 Å². The van der Waals surface area contributed by atoms with E-state index in [0.717, 1.165) is 0 Å². The molecule has 0 bridgehead atoms. The zero-order valence-corrected chi connectivity index (χ0v) is 6.73. The fraction of sp³-hybridized carbons (Fsp3) is 0.857. The van der Waals surface area contributed by atoms with E-state index < -0.39 is 18.3 Å². The zero-order chi connectivity index (χ0) is 8.85. The van der Waals surface area contributed by atoms with Gasteiger partial charge in [-0.1, -0.05) is 0 Å². The highest BCUT2D eigenvalue weighted by molar-refractivity contribution is 5.55. The molecule has 2 N–H and O–H groups in total. The maximum Gasteiger partial charge on any atom is 0.148 e. The van der Waals surface area contributed by atoms with Crippen LogP contribution in [0.25, 0.3) is 0 Å². The molecule has 66 valence electrons. The van der Waals surface area contributed by atoms with E-state index in [1.807, 2.05) is 0 Å². The van der Waals surface area contributed by atoms with E-state index >= 15 is 0 Å². The van der Waals surface area contributed by atoms with Crippen LogP contribution in [0.2, 0.25) is 0 Å². The highest BCUT2D eigenvalue weighted by atomic mass is 16.5. The van der Waals surface area contributed by atoms with Crippen molar-refractivity contribution in [2.45, 2.75) is 32.2 Å². The van der Waals surface area contributed by atoms with Gasteiger partial charge in [0, 0.05) is 0 Å². The number of aldehydes is 1. The summed E-state index contributed by atoms with van der Waals surface area (Å²) in [5.74, 6) is 0. The Morgan fingerprint density at radius 2 is 2.09 bits per heavy atom. The predicted octanol–water partition coefficient (Wildman–Crippen LogP) is -0.668. The topological polar surface area (TPSA) is 66.8 Å². The van der Waals surface area contributed by atoms with Gasteiger partial charge in [-0.2, -0.15) is 0 Å². The Morgan fingerprint density at radius 3 is 2.45 bits per heavy atom. The third kappa shape index (κ3) is 4.08. The van der Waals surface area contributed by atoms with Crippen molar-refractivity contribution in [3.05, 3.63) is 0 Å². The number of aliphatic hydroxyl groups excluding tert-OH is 2. The van der Waals surface area contributed by atoms with Gasteiger partial charge in [-0.05, 0) is 13.8 Å². The monoisotopic (exact) mass is 162 g/mol.